The summed E-state index contributed by atoms with van der Waals surface area (Å²) in [4.78, 5) is 1.17. The second-order valence-corrected chi connectivity index (χ2v) is 4.83. The fourth-order valence-electron chi connectivity index (χ4n) is 1.27. The Morgan fingerprint density at radius 2 is 1.60 bits per heavy atom. The number of rotatable bonds is 7. The Bertz CT molecular complexity index is 269. The summed E-state index contributed by atoms with van der Waals surface area (Å²) in [6.07, 6.45) is 0. The van der Waals surface area contributed by atoms with Crippen LogP contribution in [0.15, 0.2) is 0 Å². The van der Waals surface area contributed by atoms with Gasteiger partial charge in [0.25, 0.3) is 10.1 Å². The molecule has 8 heteroatoms. The van der Waals surface area contributed by atoms with E-state index < -0.39 is 21.6 Å². The maximum atomic E-state index is 10.6. The molecule has 4 N–H and O–H groups in total. The van der Waals surface area contributed by atoms with Gasteiger partial charge in [-0.3, -0.25) is 9.45 Å². The molecular weight excluding hydrogens is 226 g/mol. The minimum atomic E-state index is -4.32. The molecule has 0 aromatic heterocycles. The minimum Gasteiger partial charge on any atom is -0.395 e. The van der Waals surface area contributed by atoms with Crippen molar-refractivity contribution in [2.24, 2.45) is 0 Å². The molecule has 0 aromatic carbocycles. The van der Waals surface area contributed by atoms with Gasteiger partial charge in [0.1, 0.15) is 11.5 Å². The molecule has 0 spiro atoms. The minimum absolute atomic E-state index is 0.00306. The molecule has 0 amide bonds. The van der Waals surface area contributed by atoms with Gasteiger partial charge in [-0.05, 0) is 6.92 Å². The molecule has 0 aliphatic carbocycles. The molecule has 1 unspecified atom stereocenters. The van der Waals surface area contributed by atoms with E-state index >= 15 is 0 Å². The van der Waals surface area contributed by atoms with Crippen LogP contribution in [0.1, 0.15) is 6.92 Å². The number of hydrogen-bond donors (Lipinski definition) is 4. The van der Waals surface area contributed by atoms with E-state index in [1.807, 2.05) is 0 Å². The zero-order valence-corrected chi connectivity index (χ0v) is 9.31. The highest BCUT2D eigenvalue weighted by Crippen LogP contribution is 2.12. The van der Waals surface area contributed by atoms with Gasteiger partial charge in [0.05, 0.1) is 13.2 Å². The van der Waals surface area contributed by atoms with E-state index in [-0.39, 0.29) is 26.3 Å². The Labute approximate surface area is 88.7 Å². The van der Waals surface area contributed by atoms with Gasteiger partial charge < -0.3 is 15.3 Å². The Morgan fingerprint density at radius 3 is 1.87 bits per heavy atom. The van der Waals surface area contributed by atoms with Crippen LogP contribution in [0.3, 0.4) is 0 Å². The number of aliphatic hydroxyl groups excluding tert-OH is 2. The molecule has 0 aliphatic rings. The third kappa shape index (κ3) is 6.03. The van der Waals surface area contributed by atoms with Crippen molar-refractivity contribution in [3.8, 4) is 0 Å². The summed E-state index contributed by atoms with van der Waals surface area (Å²) in [6, 6.07) is 0. The number of aliphatic hydroxyl groups is 3. The predicted molar refractivity (Wildman–Crippen MR) is 52.8 cm³/mol. The van der Waals surface area contributed by atoms with Crippen molar-refractivity contribution in [2.75, 3.05) is 32.1 Å². The van der Waals surface area contributed by atoms with Crippen molar-refractivity contribution in [1.82, 2.24) is 4.90 Å². The van der Waals surface area contributed by atoms with Crippen LogP contribution in [-0.2, 0) is 10.1 Å². The van der Waals surface area contributed by atoms with Crippen LogP contribution in [0.5, 0.6) is 0 Å². The largest absolute Gasteiger partial charge is 0.395 e. The third-order valence-corrected chi connectivity index (χ3v) is 2.79. The van der Waals surface area contributed by atoms with Crippen molar-refractivity contribution >= 4 is 10.1 Å². The van der Waals surface area contributed by atoms with Gasteiger partial charge in [-0.25, -0.2) is 0 Å². The summed E-state index contributed by atoms with van der Waals surface area (Å²) < 4.78 is 29.8. The maximum Gasteiger partial charge on any atom is 0.269 e. The molecule has 0 heterocycles. The molecule has 0 aliphatic heterocycles. The van der Waals surface area contributed by atoms with Crippen LogP contribution >= 0.6 is 0 Å². The first-order chi connectivity index (χ1) is 6.73. The summed E-state index contributed by atoms with van der Waals surface area (Å²) >= 11 is 0. The SMILES string of the molecule is CC(O)(CS(=O)(=O)O)N(CCO)CCO. The van der Waals surface area contributed by atoms with Gasteiger partial charge in [0, 0.05) is 13.1 Å². The average Bonchev–Trinajstić information content (AvgIpc) is 1.99. The molecule has 0 rings (SSSR count). The molecule has 7 nitrogen and oxygen atoms in total. The molecule has 1 atom stereocenters. The maximum absolute atomic E-state index is 10.6. The number of nitrogens with zero attached hydrogens (tertiary/aromatic N) is 1. The lowest BCUT2D eigenvalue weighted by Gasteiger charge is -2.35. The van der Waals surface area contributed by atoms with Crippen molar-refractivity contribution in [3.63, 3.8) is 0 Å². The van der Waals surface area contributed by atoms with E-state index in [1.54, 1.807) is 0 Å². The van der Waals surface area contributed by atoms with Crippen LogP contribution in [0.2, 0.25) is 0 Å². The fraction of sp³-hybridized carbons (Fsp3) is 1.00. The fourth-order valence-corrected chi connectivity index (χ4v) is 2.15. The lowest BCUT2D eigenvalue weighted by Crippen LogP contribution is -2.53. The molecule has 0 radical (unpaired) electrons. The van der Waals surface area contributed by atoms with Crippen LogP contribution in [0, 0.1) is 0 Å². The van der Waals surface area contributed by atoms with E-state index in [0.717, 1.165) is 0 Å². The lowest BCUT2D eigenvalue weighted by molar-refractivity contribution is -0.0863. The van der Waals surface area contributed by atoms with Gasteiger partial charge in [0.15, 0.2) is 0 Å². The second-order valence-electron chi connectivity index (χ2n) is 3.38. The Hall–Kier alpha value is -0.250. The second kappa shape index (κ2) is 5.73. The van der Waals surface area contributed by atoms with E-state index in [2.05, 4.69) is 0 Å². The number of hydrogen-bond acceptors (Lipinski definition) is 6. The molecular formula is C7H17NO6S. The van der Waals surface area contributed by atoms with Crippen LogP contribution in [-0.4, -0.2) is 71.0 Å². The Balaban J connectivity index is 4.62. The van der Waals surface area contributed by atoms with Gasteiger partial charge in [-0.1, -0.05) is 0 Å². The van der Waals surface area contributed by atoms with Crippen LogP contribution in [0.25, 0.3) is 0 Å². The Kier molecular flexibility index (Phi) is 5.63. The zero-order chi connectivity index (χ0) is 12.1. The topological polar surface area (TPSA) is 118 Å². The summed E-state index contributed by atoms with van der Waals surface area (Å²) in [5, 5.41) is 27.1. The highest BCUT2D eigenvalue weighted by atomic mass is 32.2. The summed E-state index contributed by atoms with van der Waals surface area (Å²) in [5.41, 5.74) is -1.82. The van der Waals surface area contributed by atoms with E-state index in [0.29, 0.717) is 0 Å². The van der Waals surface area contributed by atoms with Crippen molar-refractivity contribution in [2.45, 2.75) is 12.6 Å². The summed E-state index contributed by atoms with van der Waals surface area (Å²) in [7, 11) is -4.32. The molecule has 0 bridgehead atoms. The summed E-state index contributed by atoms with van der Waals surface area (Å²) in [6.45, 7) is 0.613. The zero-order valence-electron chi connectivity index (χ0n) is 8.50. The van der Waals surface area contributed by atoms with Crippen molar-refractivity contribution in [3.05, 3.63) is 0 Å². The monoisotopic (exact) mass is 243 g/mol. The average molecular weight is 243 g/mol. The van der Waals surface area contributed by atoms with E-state index in [4.69, 9.17) is 14.8 Å². The lowest BCUT2D eigenvalue weighted by atomic mass is 10.2. The molecule has 92 valence electrons. The van der Waals surface area contributed by atoms with Crippen molar-refractivity contribution in [1.29, 1.82) is 0 Å². The van der Waals surface area contributed by atoms with E-state index in [9.17, 15) is 13.5 Å². The smallest absolute Gasteiger partial charge is 0.269 e. The highest BCUT2D eigenvalue weighted by Gasteiger charge is 2.33. The first-order valence-electron chi connectivity index (χ1n) is 4.37. The highest BCUT2D eigenvalue weighted by molar-refractivity contribution is 7.85. The van der Waals surface area contributed by atoms with Gasteiger partial charge in [-0.2, -0.15) is 8.42 Å². The standard InChI is InChI=1S/C7H17NO6S/c1-7(11,6-15(12,13)14)8(2-4-9)3-5-10/h9-11H,2-6H2,1H3,(H,12,13,14). The predicted octanol–water partition coefficient (Wildman–Crippen LogP) is -2.13. The van der Waals surface area contributed by atoms with Gasteiger partial charge in [0.2, 0.25) is 0 Å². The van der Waals surface area contributed by atoms with Crippen LogP contribution in [0.4, 0.5) is 0 Å². The first-order valence-corrected chi connectivity index (χ1v) is 5.98. The Morgan fingerprint density at radius 1 is 1.20 bits per heavy atom. The molecule has 0 saturated heterocycles. The third-order valence-electron chi connectivity index (χ3n) is 1.88. The van der Waals surface area contributed by atoms with Crippen molar-refractivity contribution < 1.29 is 28.3 Å². The van der Waals surface area contributed by atoms with Gasteiger partial charge >= 0.3 is 0 Å². The molecule has 0 fully saturated rings. The molecule has 0 saturated carbocycles. The molecule has 0 aromatic rings. The molecule has 15 heavy (non-hydrogen) atoms. The van der Waals surface area contributed by atoms with E-state index in [1.165, 1.54) is 11.8 Å². The van der Waals surface area contributed by atoms with Gasteiger partial charge in [-0.15, -0.1) is 0 Å². The quantitative estimate of drug-likeness (QED) is 0.298. The first kappa shape index (κ1) is 14.8. The summed E-state index contributed by atoms with van der Waals surface area (Å²) in [5.74, 6) is -0.875. The normalized spacial score (nSPS) is 16.7. The van der Waals surface area contributed by atoms with Crippen LogP contribution < -0.4 is 0 Å².